The van der Waals surface area contributed by atoms with Crippen LogP contribution in [0.2, 0.25) is 0 Å². The predicted molar refractivity (Wildman–Crippen MR) is 80.3 cm³/mol. The van der Waals surface area contributed by atoms with Crippen LogP contribution in [0.4, 0.5) is 10.5 Å². The third kappa shape index (κ3) is 3.28. The highest BCUT2D eigenvalue weighted by atomic mass is 16.6. The van der Waals surface area contributed by atoms with Gasteiger partial charge in [0.2, 0.25) is 0 Å². The minimum absolute atomic E-state index is 0.0996. The standard InChI is InChI=1S/C15H20N4O2/c1-10-11-6-5-7-13(17-18-16)12(11)8-9-19(10)14(20)21-15(2,3)4/h5-7,10H,8-9H2,1-4H3. The van der Waals surface area contributed by atoms with Gasteiger partial charge in [-0.1, -0.05) is 23.3 Å². The molecule has 0 aromatic heterocycles. The highest BCUT2D eigenvalue weighted by molar-refractivity contribution is 5.70. The summed E-state index contributed by atoms with van der Waals surface area (Å²) in [6.07, 6.45) is 0.350. The van der Waals surface area contributed by atoms with Crippen molar-refractivity contribution in [3.05, 3.63) is 39.8 Å². The van der Waals surface area contributed by atoms with Gasteiger partial charge in [0.05, 0.1) is 6.04 Å². The summed E-state index contributed by atoms with van der Waals surface area (Å²) < 4.78 is 5.45. The second kappa shape index (κ2) is 5.66. The number of fused-ring (bicyclic) bond motifs is 1. The molecule has 21 heavy (non-hydrogen) atoms. The highest BCUT2D eigenvalue weighted by Crippen LogP contribution is 2.35. The number of rotatable bonds is 1. The van der Waals surface area contributed by atoms with Crippen LogP contribution in [0.15, 0.2) is 23.3 Å². The molecule has 2 rings (SSSR count). The second-order valence-corrected chi connectivity index (χ2v) is 6.13. The van der Waals surface area contributed by atoms with Crippen LogP contribution in [0.25, 0.3) is 10.4 Å². The van der Waals surface area contributed by atoms with Gasteiger partial charge >= 0.3 is 6.09 Å². The lowest BCUT2D eigenvalue weighted by Gasteiger charge is -2.36. The smallest absolute Gasteiger partial charge is 0.410 e. The van der Waals surface area contributed by atoms with Crippen molar-refractivity contribution in [1.82, 2.24) is 4.90 Å². The van der Waals surface area contributed by atoms with Gasteiger partial charge in [-0.15, -0.1) is 0 Å². The molecule has 1 aliphatic rings. The van der Waals surface area contributed by atoms with Crippen molar-refractivity contribution in [2.24, 2.45) is 5.11 Å². The van der Waals surface area contributed by atoms with Crippen molar-refractivity contribution < 1.29 is 9.53 Å². The molecule has 6 heteroatoms. The molecule has 0 bridgehead atoms. The second-order valence-electron chi connectivity index (χ2n) is 6.13. The van der Waals surface area contributed by atoms with E-state index in [0.717, 1.165) is 11.1 Å². The number of benzene rings is 1. The number of carbonyl (C=O) groups excluding carboxylic acids is 1. The first-order chi connectivity index (χ1) is 9.83. The monoisotopic (exact) mass is 288 g/mol. The Morgan fingerprint density at radius 3 is 2.81 bits per heavy atom. The Hall–Kier alpha value is -2.20. The van der Waals surface area contributed by atoms with Crippen LogP contribution in [0.1, 0.15) is 44.9 Å². The van der Waals surface area contributed by atoms with Crippen LogP contribution in [-0.4, -0.2) is 23.1 Å². The van der Waals surface area contributed by atoms with Gasteiger partial charge in [-0.2, -0.15) is 0 Å². The van der Waals surface area contributed by atoms with E-state index in [-0.39, 0.29) is 12.1 Å². The fourth-order valence-electron chi connectivity index (χ4n) is 2.56. The molecular weight excluding hydrogens is 268 g/mol. The summed E-state index contributed by atoms with van der Waals surface area (Å²) in [5.41, 5.74) is 10.8. The zero-order valence-electron chi connectivity index (χ0n) is 12.8. The van der Waals surface area contributed by atoms with Crippen molar-refractivity contribution in [3.8, 4) is 0 Å². The number of hydrogen-bond donors (Lipinski definition) is 0. The van der Waals surface area contributed by atoms with Gasteiger partial charge in [0.15, 0.2) is 0 Å². The minimum atomic E-state index is -0.510. The maximum absolute atomic E-state index is 12.3. The Morgan fingerprint density at radius 1 is 1.48 bits per heavy atom. The van der Waals surface area contributed by atoms with Gasteiger partial charge in [0.1, 0.15) is 5.60 Å². The van der Waals surface area contributed by atoms with E-state index in [1.54, 1.807) is 11.0 Å². The van der Waals surface area contributed by atoms with E-state index in [2.05, 4.69) is 10.0 Å². The van der Waals surface area contributed by atoms with Crippen LogP contribution >= 0.6 is 0 Å². The normalized spacial score (nSPS) is 17.7. The molecule has 1 unspecified atom stereocenters. The number of hydrogen-bond acceptors (Lipinski definition) is 3. The average Bonchev–Trinajstić information content (AvgIpc) is 2.38. The lowest BCUT2D eigenvalue weighted by atomic mass is 9.92. The van der Waals surface area contributed by atoms with Crippen molar-refractivity contribution >= 4 is 11.8 Å². The molecule has 0 spiro atoms. The first-order valence-electron chi connectivity index (χ1n) is 7.00. The van der Waals surface area contributed by atoms with Crippen molar-refractivity contribution in [2.45, 2.75) is 45.8 Å². The molecule has 0 N–H and O–H groups in total. The summed E-state index contributed by atoms with van der Waals surface area (Å²) in [4.78, 5) is 16.8. The summed E-state index contributed by atoms with van der Waals surface area (Å²) in [5, 5.41) is 3.73. The molecule has 0 saturated heterocycles. The largest absolute Gasteiger partial charge is 0.444 e. The molecule has 0 radical (unpaired) electrons. The first-order valence-corrected chi connectivity index (χ1v) is 7.00. The van der Waals surface area contributed by atoms with Crippen LogP contribution in [-0.2, 0) is 11.2 Å². The first kappa shape index (κ1) is 15.2. The lowest BCUT2D eigenvalue weighted by molar-refractivity contribution is 0.0160. The van der Waals surface area contributed by atoms with E-state index < -0.39 is 5.60 Å². The van der Waals surface area contributed by atoms with Gasteiger partial charge < -0.3 is 9.64 Å². The fraction of sp³-hybridized carbons (Fsp3) is 0.533. The van der Waals surface area contributed by atoms with Gasteiger partial charge in [0.25, 0.3) is 0 Å². The summed E-state index contributed by atoms with van der Waals surface area (Å²) >= 11 is 0. The molecule has 0 saturated carbocycles. The molecule has 6 nitrogen and oxygen atoms in total. The van der Waals surface area contributed by atoms with E-state index in [9.17, 15) is 4.79 Å². The van der Waals surface area contributed by atoms with Gasteiger partial charge in [-0.05, 0) is 50.8 Å². The Bertz CT molecular complexity index is 600. The number of amides is 1. The minimum Gasteiger partial charge on any atom is -0.444 e. The van der Waals surface area contributed by atoms with Gasteiger partial charge in [0, 0.05) is 17.1 Å². The van der Waals surface area contributed by atoms with Crippen LogP contribution < -0.4 is 0 Å². The summed E-state index contributed by atoms with van der Waals surface area (Å²) in [6, 6.07) is 5.51. The molecule has 0 fully saturated rings. The van der Waals surface area contributed by atoms with Gasteiger partial charge in [-0.25, -0.2) is 4.79 Å². The molecule has 0 aliphatic carbocycles. The van der Waals surface area contributed by atoms with Crippen molar-refractivity contribution in [3.63, 3.8) is 0 Å². The number of nitrogens with zero attached hydrogens (tertiary/aromatic N) is 4. The summed E-state index contributed by atoms with van der Waals surface area (Å²) in [5.74, 6) is 0. The van der Waals surface area contributed by atoms with E-state index >= 15 is 0 Å². The Labute approximate surface area is 124 Å². The third-order valence-electron chi connectivity index (χ3n) is 3.49. The zero-order valence-corrected chi connectivity index (χ0v) is 12.8. The van der Waals surface area contributed by atoms with E-state index in [0.29, 0.717) is 18.7 Å². The van der Waals surface area contributed by atoms with Gasteiger partial charge in [-0.3, -0.25) is 0 Å². The Kier molecular flexibility index (Phi) is 4.09. The van der Waals surface area contributed by atoms with Crippen LogP contribution in [0.5, 0.6) is 0 Å². The van der Waals surface area contributed by atoms with E-state index in [1.807, 2.05) is 39.8 Å². The van der Waals surface area contributed by atoms with Crippen LogP contribution in [0.3, 0.4) is 0 Å². The number of ether oxygens (including phenoxy) is 1. The maximum atomic E-state index is 12.3. The molecule has 1 aromatic rings. The van der Waals surface area contributed by atoms with Crippen molar-refractivity contribution in [1.29, 1.82) is 0 Å². The zero-order chi connectivity index (χ0) is 15.6. The van der Waals surface area contributed by atoms with E-state index in [4.69, 9.17) is 10.3 Å². The Morgan fingerprint density at radius 2 is 2.19 bits per heavy atom. The quantitative estimate of drug-likeness (QED) is 0.434. The molecule has 1 atom stereocenters. The summed E-state index contributed by atoms with van der Waals surface area (Å²) in [7, 11) is 0. The average molecular weight is 288 g/mol. The maximum Gasteiger partial charge on any atom is 0.410 e. The highest BCUT2D eigenvalue weighted by Gasteiger charge is 2.31. The third-order valence-corrected chi connectivity index (χ3v) is 3.49. The fourth-order valence-corrected chi connectivity index (χ4v) is 2.56. The van der Waals surface area contributed by atoms with Crippen LogP contribution in [0, 0.1) is 0 Å². The molecule has 1 aromatic carbocycles. The summed E-state index contributed by atoms with van der Waals surface area (Å²) in [6.45, 7) is 8.08. The molecule has 112 valence electrons. The topological polar surface area (TPSA) is 78.3 Å². The molecule has 1 heterocycles. The SMILES string of the molecule is CC1c2cccc(N=[N+]=[N-])c2CCN1C(=O)OC(C)(C)C. The molecule has 1 amide bonds. The number of azide groups is 1. The molecule has 1 aliphatic heterocycles. The molecular formula is C15H20N4O2. The van der Waals surface area contributed by atoms with E-state index in [1.165, 1.54) is 0 Å². The van der Waals surface area contributed by atoms with Crippen molar-refractivity contribution in [2.75, 3.05) is 6.54 Å². The lowest BCUT2D eigenvalue weighted by Crippen LogP contribution is -2.42. The predicted octanol–water partition coefficient (Wildman–Crippen LogP) is 4.48. The number of carbonyl (C=O) groups is 1. The Balaban J connectivity index is 2.29.